The van der Waals surface area contributed by atoms with Crippen LogP contribution in [0.25, 0.3) is 0 Å². The summed E-state index contributed by atoms with van der Waals surface area (Å²) in [5.74, 6) is 0.839. The predicted molar refractivity (Wildman–Crippen MR) is 117 cm³/mol. The summed E-state index contributed by atoms with van der Waals surface area (Å²) >= 11 is 1.77. The van der Waals surface area contributed by atoms with Crippen LogP contribution in [0, 0.1) is 0 Å². The Hall–Kier alpha value is -2.41. The van der Waals surface area contributed by atoms with E-state index in [9.17, 15) is 4.79 Å². The van der Waals surface area contributed by atoms with Gasteiger partial charge in [0.05, 0.1) is 5.01 Å². The molecule has 28 heavy (non-hydrogen) atoms. The molecular formula is C21H31N5OS. The highest BCUT2D eigenvalue weighted by Crippen LogP contribution is 2.13. The van der Waals surface area contributed by atoms with E-state index < -0.39 is 0 Å². The fourth-order valence-corrected chi connectivity index (χ4v) is 3.64. The topological polar surface area (TPSA) is 69.6 Å². The van der Waals surface area contributed by atoms with Gasteiger partial charge in [0.1, 0.15) is 0 Å². The molecule has 0 unspecified atom stereocenters. The molecule has 0 saturated carbocycles. The number of guanidine groups is 1. The molecule has 0 fully saturated rings. The molecule has 6 nitrogen and oxygen atoms in total. The van der Waals surface area contributed by atoms with E-state index in [0.717, 1.165) is 54.6 Å². The second kappa shape index (κ2) is 11.4. The largest absolute Gasteiger partial charge is 0.356 e. The Balaban J connectivity index is 1.80. The van der Waals surface area contributed by atoms with Crippen molar-refractivity contribution in [2.75, 3.05) is 26.7 Å². The number of thiazole rings is 1. The lowest BCUT2D eigenvalue weighted by molar-refractivity contribution is 0.0773. The van der Waals surface area contributed by atoms with Gasteiger partial charge in [-0.1, -0.05) is 19.1 Å². The molecule has 0 aliphatic carbocycles. The average Bonchev–Trinajstić information content (AvgIpc) is 3.19. The molecule has 0 atom stereocenters. The van der Waals surface area contributed by atoms with Crippen molar-refractivity contribution in [2.45, 2.75) is 40.2 Å². The Labute approximate surface area is 172 Å². The fourth-order valence-electron chi connectivity index (χ4n) is 2.78. The van der Waals surface area contributed by atoms with Crippen LogP contribution in [0.5, 0.6) is 0 Å². The number of benzene rings is 1. The van der Waals surface area contributed by atoms with Crippen molar-refractivity contribution < 1.29 is 4.79 Å². The molecule has 0 aliphatic heterocycles. The van der Waals surface area contributed by atoms with Crippen LogP contribution in [0.15, 0.2) is 35.5 Å². The van der Waals surface area contributed by atoms with Gasteiger partial charge in [0.15, 0.2) is 5.96 Å². The maximum absolute atomic E-state index is 12.4. The van der Waals surface area contributed by atoms with Crippen LogP contribution >= 0.6 is 11.3 Å². The second-order valence-electron chi connectivity index (χ2n) is 6.35. The molecule has 2 N–H and O–H groups in total. The molecule has 2 aromatic rings. The van der Waals surface area contributed by atoms with Gasteiger partial charge in [-0.05, 0) is 38.0 Å². The first-order chi connectivity index (χ1) is 13.6. The smallest absolute Gasteiger partial charge is 0.253 e. The molecule has 0 bridgehead atoms. The Morgan fingerprint density at radius 2 is 1.86 bits per heavy atom. The van der Waals surface area contributed by atoms with Crippen LogP contribution in [-0.4, -0.2) is 48.4 Å². The third-order valence-corrected chi connectivity index (χ3v) is 5.72. The Morgan fingerprint density at radius 1 is 1.14 bits per heavy atom. The summed E-state index contributed by atoms with van der Waals surface area (Å²) < 4.78 is 0. The van der Waals surface area contributed by atoms with Gasteiger partial charge in [0.2, 0.25) is 0 Å². The first-order valence-electron chi connectivity index (χ1n) is 9.87. The zero-order chi connectivity index (χ0) is 20.4. The van der Waals surface area contributed by atoms with Gasteiger partial charge in [0.25, 0.3) is 5.91 Å². The molecule has 0 spiro atoms. The maximum Gasteiger partial charge on any atom is 0.253 e. The molecule has 0 saturated heterocycles. The third kappa shape index (κ3) is 6.34. The van der Waals surface area contributed by atoms with E-state index in [4.69, 9.17) is 0 Å². The van der Waals surface area contributed by atoms with E-state index in [-0.39, 0.29) is 5.91 Å². The van der Waals surface area contributed by atoms with Crippen molar-refractivity contribution in [3.05, 3.63) is 51.5 Å². The van der Waals surface area contributed by atoms with Crippen molar-refractivity contribution >= 4 is 23.2 Å². The van der Waals surface area contributed by atoms with E-state index in [1.165, 1.54) is 4.88 Å². The minimum absolute atomic E-state index is 0.0791. The lowest BCUT2D eigenvalue weighted by Crippen LogP contribution is -2.37. The number of aryl methyl sites for hydroxylation is 1. The number of nitrogens with zero attached hydrogens (tertiary/aromatic N) is 3. The molecule has 0 aliphatic rings. The van der Waals surface area contributed by atoms with E-state index in [1.54, 1.807) is 18.4 Å². The maximum atomic E-state index is 12.4. The van der Waals surface area contributed by atoms with E-state index >= 15 is 0 Å². The summed E-state index contributed by atoms with van der Waals surface area (Å²) in [5.41, 5.74) is 1.83. The van der Waals surface area contributed by atoms with E-state index in [0.29, 0.717) is 6.54 Å². The van der Waals surface area contributed by atoms with Crippen LogP contribution < -0.4 is 10.6 Å². The number of hydrogen-bond acceptors (Lipinski definition) is 4. The van der Waals surface area contributed by atoms with Crippen molar-refractivity contribution in [2.24, 2.45) is 4.99 Å². The molecule has 0 radical (unpaired) electrons. The van der Waals surface area contributed by atoms with Crippen molar-refractivity contribution in [3.8, 4) is 0 Å². The van der Waals surface area contributed by atoms with Gasteiger partial charge in [-0.3, -0.25) is 9.79 Å². The van der Waals surface area contributed by atoms with Crippen molar-refractivity contribution in [1.29, 1.82) is 0 Å². The minimum atomic E-state index is 0.0791. The average molecular weight is 402 g/mol. The summed E-state index contributed by atoms with van der Waals surface area (Å²) in [7, 11) is 1.76. The quantitative estimate of drug-likeness (QED) is 0.500. The number of nitrogens with one attached hydrogen (secondary N) is 2. The molecule has 2 rings (SSSR count). The number of hydrogen-bond donors (Lipinski definition) is 2. The summed E-state index contributed by atoms with van der Waals surface area (Å²) in [4.78, 5) is 24.2. The van der Waals surface area contributed by atoms with Gasteiger partial charge in [-0.15, -0.1) is 11.3 Å². The highest BCUT2D eigenvalue weighted by atomic mass is 32.1. The molecule has 1 aromatic heterocycles. The highest BCUT2D eigenvalue weighted by Gasteiger charge is 2.11. The van der Waals surface area contributed by atoms with Crippen molar-refractivity contribution in [3.63, 3.8) is 0 Å². The number of carbonyl (C=O) groups is 1. The summed E-state index contributed by atoms with van der Waals surface area (Å²) in [6, 6.07) is 7.75. The standard InChI is InChI=1S/C21H31N5OS/c1-5-18-15-24-19(28-18)12-13-23-21(22-4)25-14-16-8-10-17(11-9-16)20(27)26(6-2)7-3/h8-11,15H,5-7,12-14H2,1-4H3,(H2,22,23,25). The van der Waals surface area contributed by atoms with Gasteiger partial charge >= 0.3 is 0 Å². The number of aliphatic imine (C=N–C) groups is 1. The molecule has 1 aromatic carbocycles. The van der Waals surface area contributed by atoms with Gasteiger partial charge < -0.3 is 15.5 Å². The minimum Gasteiger partial charge on any atom is -0.356 e. The molecular weight excluding hydrogens is 370 g/mol. The van der Waals surface area contributed by atoms with Crippen LogP contribution in [0.2, 0.25) is 0 Å². The first kappa shape index (κ1) is 21.9. The Bertz CT molecular complexity index is 765. The molecule has 7 heteroatoms. The zero-order valence-electron chi connectivity index (χ0n) is 17.3. The normalized spacial score (nSPS) is 11.4. The highest BCUT2D eigenvalue weighted by molar-refractivity contribution is 7.11. The van der Waals surface area contributed by atoms with Gasteiger partial charge in [-0.25, -0.2) is 4.98 Å². The summed E-state index contributed by atoms with van der Waals surface area (Å²) in [5, 5.41) is 7.78. The van der Waals surface area contributed by atoms with Crippen LogP contribution in [0.3, 0.4) is 0 Å². The second-order valence-corrected chi connectivity index (χ2v) is 7.55. The summed E-state index contributed by atoms with van der Waals surface area (Å²) in [6.07, 6.45) is 3.88. The number of aromatic nitrogens is 1. The zero-order valence-corrected chi connectivity index (χ0v) is 18.1. The fraction of sp³-hybridized carbons (Fsp3) is 0.476. The van der Waals surface area contributed by atoms with Crippen LogP contribution in [-0.2, 0) is 19.4 Å². The van der Waals surface area contributed by atoms with Gasteiger partial charge in [0, 0.05) is 56.3 Å². The van der Waals surface area contributed by atoms with Crippen LogP contribution in [0.1, 0.15) is 46.6 Å². The Morgan fingerprint density at radius 3 is 2.43 bits per heavy atom. The molecule has 152 valence electrons. The Kier molecular flexibility index (Phi) is 8.94. The monoisotopic (exact) mass is 401 g/mol. The molecule has 1 heterocycles. The number of rotatable bonds is 9. The third-order valence-electron chi connectivity index (χ3n) is 4.52. The number of carbonyl (C=O) groups excluding carboxylic acids is 1. The number of amides is 1. The van der Waals surface area contributed by atoms with Gasteiger partial charge in [-0.2, -0.15) is 0 Å². The van der Waals surface area contributed by atoms with E-state index in [2.05, 4.69) is 27.5 Å². The first-order valence-corrected chi connectivity index (χ1v) is 10.7. The van der Waals surface area contributed by atoms with E-state index in [1.807, 2.05) is 49.2 Å². The molecule has 1 amide bonds. The lowest BCUT2D eigenvalue weighted by atomic mass is 10.1. The predicted octanol–water partition coefficient (Wildman–Crippen LogP) is 3.10. The SMILES string of the molecule is CCc1cnc(CCNC(=NC)NCc2ccc(C(=O)N(CC)CC)cc2)s1. The summed E-state index contributed by atoms with van der Waals surface area (Å²) in [6.45, 7) is 9.02. The van der Waals surface area contributed by atoms with Crippen LogP contribution in [0.4, 0.5) is 0 Å². The lowest BCUT2D eigenvalue weighted by Gasteiger charge is -2.18. The van der Waals surface area contributed by atoms with Crippen molar-refractivity contribution in [1.82, 2.24) is 20.5 Å².